The average molecular weight is 315 g/mol. The van der Waals surface area contributed by atoms with Gasteiger partial charge in [0.15, 0.2) is 0 Å². The number of hydrogen-bond acceptors (Lipinski definition) is 3. The van der Waals surface area contributed by atoms with E-state index in [1.807, 2.05) is 17.5 Å². The first-order chi connectivity index (χ1) is 10.7. The van der Waals surface area contributed by atoms with E-state index in [1.165, 1.54) is 12.1 Å². The number of nitrogens with one attached hydrogen (secondary N) is 1. The summed E-state index contributed by atoms with van der Waals surface area (Å²) in [5.74, 6) is -0.417. The molecule has 2 aromatic heterocycles. The Morgan fingerprint density at radius 2 is 2.14 bits per heavy atom. The fraction of sp³-hybridized carbons (Fsp3) is 0.125. The average Bonchev–Trinajstić information content (AvgIpc) is 3.19. The van der Waals surface area contributed by atoms with Gasteiger partial charge in [0.25, 0.3) is 0 Å². The maximum atomic E-state index is 13.1. The normalized spacial score (nSPS) is 12.0. The maximum absolute atomic E-state index is 13.1. The molecule has 112 valence electrons. The van der Waals surface area contributed by atoms with Crippen LogP contribution in [0.4, 0.5) is 4.39 Å². The van der Waals surface area contributed by atoms with E-state index in [1.54, 1.807) is 46.8 Å². The largest absolute Gasteiger partial charge is 0.343 e. The molecule has 6 heteroatoms. The Balaban J connectivity index is 1.80. The predicted octanol–water partition coefficient (Wildman–Crippen LogP) is 2.99. The number of hydrogen-bond donors (Lipinski definition) is 1. The van der Waals surface area contributed by atoms with Crippen molar-refractivity contribution in [2.75, 3.05) is 0 Å². The van der Waals surface area contributed by atoms with Crippen molar-refractivity contribution in [3.8, 4) is 0 Å². The summed E-state index contributed by atoms with van der Waals surface area (Å²) in [6.45, 7) is 0.197. The Kier molecular flexibility index (Phi) is 4.29. The molecule has 1 atom stereocenters. The first-order valence-electron chi connectivity index (χ1n) is 6.76. The number of rotatable bonds is 5. The highest BCUT2D eigenvalue weighted by molar-refractivity contribution is 7.10. The lowest BCUT2D eigenvalue weighted by Crippen LogP contribution is -2.31. The third-order valence-electron chi connectivity index (χ3n) is 3.22. The van der Waals surface area contributed by atoms with Gasteiger partial charge in [-0.3, -0.25) is 4.79 Å². The van der Waals surface area contributed by atoms with Crippen LogP contribution in [0.3, 0.4) is 0 Å². The topological polar surface area (TPSA) is 46.9 Å². The van der Waals surface area contributed by atoms with Crippen LogP contribution in [-0.2, 0) is 11.3 Å². The molecule has 1 aromatic carbocycles. The van der Waals surface area contributed by atoms with Crippen molar-refractivity contribution in [2.24, 2.45) is 0 Å². The molecule has 0 aliphatic carbocycles. The summed E-state index contributed by atoms with van der Waals surface area (Å²) in [5, 5.41) is 4.95. The second-order valence-electron chi connectivity index (χ2n) is 4.80. The third-order valence-corrected chi connectivity index (χ3v) is 4.16. The lowest BCUT2D eigenvalue weighted by molar-refractivity contribution is -0.122. The van der Waals surface area contributed by atoms with Gasteiger partial charge in [0.1, 0.15) is 12.4 Å². The summed E-state index contributed by atoms with van der Waals surface area (Å²) in [6.07, 6.45) is 4.96. The molecule has 2 heterocycles. The van der Waals surface area contributed by atoms with Gasteiger partial charge in [0.05, 0.1) is 12.4 Å². The molecule has 0 saturated heterocycles. The molecule has 0 fully saturated rings. The highest BCUT2D eigenvalue weighted by Gasteiger charge is 2.18. The van der Waals surface area contributed by atoms with Crippen molar-refractivity contribution in [1.82, 2.24) is 14.9 Å². The molecule has 3 aromatic rings. The number of carbonyl (C=O) groups is 1. The molecular formula is C16H14FN3OS. The van der Waals surface area contributed by atoms with Crippen molar-refractivity contribution in [3.63, 3.8) is 0 Å². The highest BCUT2D eigenvalue weighted by Crippen LogP contribution is 2.26. The SMILES string of the molecule is O=C(Cn1ccnc1)N[C@H](c1ccc(F)cc1)c1cccs1. The van der Waals surface area contributed by atoms with E-state index in [0.717, 1.165) is 10.4 Å². The monoisotopic (exact) mass is 315 g/mol. The zero-order valence-electron chi connectivity index (χ0n) is 11.6. The van der Waals surface area contributed by atoms with E-state index in [2.05, 4.69) is 10.3 Å². The summed E-state index contributed by atoms with van der Waals surface area (Å²) in [6, 6.07) is 9.79. The molecular weight excluding hydrogens is 301 g/mol. The number of carbonyl (C=O) groups excluding carboxylic acids is 1. The molecule has 0 saturated carbocycles. The molecule has 0 unspecified atom stereocenters. The molecule has 1 amide bonds. The summed E-state index contributed by atoms with van der Waals surface area (Å²) in [7, 11) is 0. The molecule has 0 radical (unpaired) electrons. The van der Waals surface area contributed by atoms with Crippen molar-refractivity contribution >= 4 is 17.2 Å². The summed E-state index contributed by atoms with van der Waals surface area (Å²) in [5.41, 5.74) is 0.850. The zero-order chi connectivity index (χ0) is 15.4. The zero-order valence-corrected chi connectivity index (χ0v) is 12.5. The van der Waals surface area contributed by atoms with Crippen molar-refractivity contribution in [3.05, 3.63) is 76.8 Å². The van der Waals surface area contributed by atoms with Crippen LogP contribution < -0.4 is 5.32 Å². The fourth-order valence-corrected chi connectivity index (χ4v) is 2.98. The van der Waals surface area contributed by atoms with Gasteiger partial charge >= 0.3 is 0 Å². The van der Waals surface area contributed by atoms with Gasteiger partial charge in [-0.15, -0.1) is 11.3 Å². The van der Waals surface area contributed by atoms with Gasteiger partial charge < -0.3 is 9.88 Å². The molecule has 4 nitrogen and oxygen atoms in total. The van der Waals surface area contributed by atoms with Crippen LogP contribution in [0, 0.1) is 5.82 Å². The Bertz CT molecular complexity index is 723. The Morgan fingerprint density at radius 1 is 1.32 bits per heavy atom. The molecule has 22 heavy (non-hydrogen) atoms. The van der Waals surface area contributed by atoms with Gasteiger partial charge in [0.2, 0.25) is 5.91 Å². The number of thiophene rings is 1. The number of nitrogens with zero attached hydrogens (tertiary/aromatic N) is 2. The van der Waals surface area contributed by atoms with Crippen LogP contribution in [0.15, 0.2) is 60.5 Å². The number of imidazole rings is 1. The number of benzene rings is 1. The Morgan fingerprint density at radius 3 is 2.77 bits per heavy atom. The number of aromatic nitrogens is 2. The van der Waals surface area contributed by atoms with E-state index in [-0.39, 0.29) is 24.3 Å². The second-order valence-corrected chi connectivity index (χ2v) is 5.78. The summed E-state index contributed by atoms with van der Waals surface area (Å²) >= 11 is 1.55. The van der Waals surface area contributed by atoms with Crippen molar-refractivity contribution in [1.29, 1.82) is 0 Å². The van der Waals surface area contributed by atoms with Crippen LogP contribution in [0.5, 0.6) is 0 Å². The molecule has 0 spiro atoms. The molecule has 0 aliphatic heterocycles. The van der Waals surface area contributed by atoms with Crippen LogP contribution in [0.25, 0.3) is 0 Å². The van der Waals surface area contributed by atoms with Gasteiger partial charge in [-0.1, -0.05) is 18.2 Å². The minimum atomic E-state index is -0.293. The highest BCUT2D eigenvalue weighted by atomic mass is 32.1. The van der Waals surface area contributed by atoms with E-state index >= 15 is 0 Å². The lowest BCUT2D eigenvalue weighted by atomic mass is 10.1. The van der Waals surface area contributed by atoms with Crippen LogP contribution >= 0.6 is 11.3 Å². The van der Waals surface area contributed by atoms with Gasteiger partial charge in [0, 0.05) is 17.3 Å². The molecule has 3 rings (SSSR count). The van der Waals surface area contributed by atoms with Crippen LogP contribution in [0.2, 0.25) is 0 Å². The quantitative estimate of drug-likeness (QED) is 0.787. The first kappa shape index (κ1) is 14.5. The fourth-order valence-electron chi connectivity index (χ4n) is 2.18. The minimum absolute atomic E-state index is 0.124. The smallest absolute Gasteiger partial charge is 0.240 e. The van der Waals surface area contributed by atoms with Crippen molar-refractivity contribution < 1.29 is 9.18 Å². The van der Waals surface area contributed by atoms with Gasteiger partial charge in [-0.2, -0.15) is 0 Å². The van der Waals surface area contributed by atoms with Crippen molar-refractivity contribution in [2.45, 2.75) is 12.6 Å². The first-order valence-corrected chi connectivity index (χ1v) is 7.64. The minimum Gasteiger partial charge on any atom is -0.343 e. The third kappa shape index (κ3) is 3.40. The predicted molar refractivity (Wildman–Crippen MR) is 82.9 cm³/mol. The molecule has 0 aliphatic rings. The number of halogens is 1. The van der Waals surface area contributed by atoms with Gasteiger partial charge in [-0.05, 0) is 29.1 Å². The number of amides is 1. The van der Waals surface area contributed by atoms with E-state index in [4.69, 9.17) is 0 Å². The lowest BCUT2D eigenvalue weighted by Gasteiger charge is -2.18. The molecule has 1 N–H and O–H groups in total. The standard InChI is InChI=1S/C16H14FN3OS/c17-13-5-3-12(4-6-13)16(14-2-1-9-22-14)19-15(21)10-20-8-7-18-11-20/h1-9,11,16H,10H2,(H,19,21)/t16-/m1/s1. The maximum Gasteiger partial charge on any atom is 0.240 e. The Labute approximate surface area is 131 Å². The molecule has 0 bridgehead atoms. The van der Waals surface area contributed by atoms with E-state index in [9.17, 15) is 9.18 Å². The summed E-state index contributed by atoms with van der Waals surface area (Å²) in [4.78, 5) is 17.1. The Hall–Kier alpha value is -2.47. The van der Waals surface area contributed by atoms with Crippen LogP contribution in [0.1, 0.15) is 16.5 Å². The van der Waals surface area contributed by atoms with Crippen LogP contribution in [-0.4, -0.2) is 15.5 Å². The van der Waals surface area contributed by atoms with E-state index < -0.39 is 0 Å². The van der Waals surface area contributed by atoms with E-state index in [0.29, 0.717) is 0 Å². The second kappa shape index (κ2) is 6.53. The summed E-state index contributed by atoms with van der Waals surface area (Å²) < 4.78 is 14.8. The van der Waals surface area contributed by atoms with Gasteiger partial charge in [-0.25, -0.2) is 9.37 Å².